The van der Waals surface area contributed by atoms with E-state index in [2.05, 4.69) is 23.7 Å². The number of hydrogen-bond acceptors (Lipinski definition) is 4. The topological polar surface area (TPSA) is 58.4 Å². The molecular formula is C27H27F2N3O2. The third kappa shape index (κ3) is 4.90. The summed E-state index contributed by atoms with van der Waals surface area (Å²) in [5.74, 6) is -1.00. The molecule has 0 aliphatic carbocycles. The standard InChI is InChI=1S/C27H27F2N3O2/c1-3-31(4-2)17-18-8-7-9-19(14-18)25(33)16-26-30-23-13-12-20(28)15-21(23)27(34)32(26)24-11-6-5-10-22(24)29/h5-15,25,33H,3-4,16-17H2,1-2H3. The molecular weight excluding hydrogens is 436 g/mol. The molecule has 1 heterocycles. The second-order valence-electron chi connectivity index (χ2n) is 8.21. The van der Waals surface area contributed by atoms with Gasteiger partial charge in [-0.25, -0.2) is 13.8 Å². The highest BCUT2D eigenvalue weighted by Crippen LogP contribution is 2.23. The maximum absolute atomic E-state index is 14.7. The van der Waals surface area contributed by atoms with Crippen LogP contribution in [0.4, 0.5) is 8.78 Å². The van der Waals surface area contributed by atoms with Crippen molar-refractivity contribution in [1.29, 1.82) is 0 Å². The Morgan fingerprint density at radius 1 is 1.00 bits per heavy atom. The number of benzene rings is 3. The summed E-state index contributed by atoms with van der Waals surface area (Å²) in [5.41, 5.74) is 1.44. The number of aliphatic hydroxyl groups excluding tert-OH is 1. The van der Waals surface area contributed by atoms with Crippen LogP contribution in [0.15, 0.2) is 71.5 Å². The number of halogens is 2. The molecule has 0 fully saturated rings. The Morgan fingerprint density at radius 3 is 2.50 bits per heavy atom. The molecule has 1 N–H and O–H groups in total. The summed E-state index contributed by atoms with van der Waals surface area (Å²) in [6.45, 7) is 6.79. The molecule has 4 rings (SSSR count). The van der Waals surface area contributed by atoms with Crippen LogP contribution in [0.3, 0.4) is 0 Å². The van der Waals surface area contributed by atoms with Gasteiger partial charge in [0.25, 0.3) is 5.56 Å². The van der Waals surface area contributed by atoms with Gasteiger partial charge in [0.05, 0.1) is 22.7 Å². The summed E-state index contributed by atoms with van der Waals surface area (Å²) in [7, 11) is 0. The van der Waals surface area contributed by atoms with Gasteiger partial charge in [-0.05, 0) is 54.5 Å². The van der Waals surface area contributed by atoms with Gasteiger partial charge in [-0.1, -0.05) is 50.2 Å². The predicted octanol–water partition coefficient (Wildman–Crippen LogP) is 4.78. The van der Waals surface area contributed by atoms with E-state index in [1.165, 1.54) is 30.3 Å². The lowest BCUT2D eigenvalue weighted by Gasteiger charge is -2.20. The third-order valence-corrected chi connectivity index (χ3v) is 6.01. The van der Waals surface area contributed by atoms with Crippen molar-refractivity contribution in [1.82, 2.24) is 14.5 Å². The van der Waals surface area contributed by atoms with E-state index in [1.54, 1.807) is 6.07 Å². The Bertz CT molecular complexity index is 1370. The van der Waals surface area contributed by atoms with Crippen molar-refractivity contribution in [2.24, 2.45) is 0 Å². The second-order valence-corrected chi connectivity index (χ2v) is 8.21. The average molecular weight is 464 g/mol. The summed E-state index contributed by atoms with van der Waals surface area (Å²) >= 11 is 0. The van der Waals surface area contributed by atoms with Gasteiger partial charge in [0.15, 0.2) is 0 Å². The molecule has 0 bridgehead atoms. The van der Waals surface area contributed by atoms with Gasteiger partial charge in [0.2, 0.25) is 0 Å². The lowest BCUT2D eigenvalue weighted by Crippen LogP contribution is -2.26. The average Bonchev–Trinajstić information content (AvgIpc) is 2.84. The summed E-state index contributed by atoms with van der Waals surface area (Å²) in [5, 5.41) is 11.1. The molecule has 0 saturated carbocycles. The SMILES string of the molecule is CCN(CC)Cc1cccc(C(O)Cc2nc3ccc(F)cc3c(=O)n2-c2ccccc2F)c1. The van der Waals surface area contributed by atoms with Crippen LogP contribution in [0, 0.1) is 11.6 Å². The lowest BCUT2D eigenvalue weighted by atomic mass is 10.0. The van der Waals surface area contributed by atoms with Gasteiger partial charge in [0.1, 0.15) is 17.5 Å². The van der Waals surface area contributed by atoms with Gasteiger partial charge in [-0.15, -0.1) is 0 Å². The molecule has 0 radical (unpaired) electrons. The first-order valence-electron chi connectivity index (χ1n) is 11.4. The van der Waals surface area contributed by atoms with Crippen molar-refractivity contribution >= 4 is 10.9 Å². The molecule has 0 aliphatic heterocycles. The highest BCUT2D eigenvalue weighted by molar-refractivity contribution is 5.78. The minimum absolute atomic E-state index is 0.00338. The summed E-state index contributed by atoms with van der Waals surface area (Å²) in [6, 6.07) is 17.2. The number of hydrogen-bond donors (Lipinski definition) is 1. The van der Waals surface area contributed by atoms with Crippen LogP contribution in [-0.4, -0.2) is 32.6 Å². The van der Waals surface area contributed by atoms with Crippen LogP contribution < -0.4 is 5.56 Å². The number of aliphatic hydroxyl groups is 1. The Labute approximate surface area is 196 Å². The Morgan fingerprint density at radius 2 is 1.76 bits per heavy atom. The number of nitrogens with zero attached hydrogens (tertiary/aromatic N) is 3. The third-order valence-electron chi connectivity index (χ3n) is 6.01. The molecule has 7 heteroatoms. The van der Waals surface area contributed by atoms with Crippen molar-refractivity contribution in [3.63, 3.8) is 0 Å². The van der Waals surface area contributed by atoms with Gasteiger partial charge in [0, 0.05) is 13.0 Å². The zero-order valence-electron chi connectivity index (χ0n) is 19.2. The highest BCUT2D eigenvalue weighted by Gasteiger charge is 2.20. The van der Waals surface area contributed by atoms with E-state index in [4.69, 9.17) is 0 Å². The molecule has 1 unspecified atom stereocenters. The maximum atomic E-state index is 14.7. The van der Waals surface area contributed by atoms with Crippen LogP contribution in [0.5, 0.6) is 0 Å². The minimum Gasteiger partial charge on any atom is -0.388 e. The summed E-state index contributed by atoms with van der Waals surface area (Å²) in [6.07, 6.45) is -0.995. The molecule has 0 aliphatic rings. The Hall–Kier alpha value is -3.42. The molecule has 1 aromatic heterocycles. The molecule has 3 aromatic carbocycles. The highest BCUT2D eigenvalue weighted by atomic mass is 19.1. The van der Waals surface area contributed by atoms with Crippen molar-refractivity contribution in [2.45, 2.75) is 32.9 Å². The van der Waals surface area contributed by atoms with Gasteiger partial charge in [-0.3, -0.25) is 14.3 Å². The number of para-hydroxylation sites is 1. The molecule has 1 atom stereocenters. The molecule has 0 saturated heterocycles. The normalized spacial score (nSPS) is 12.4. The fourth-order valence-electron chi connectivity index (χ4n) is 4.12. The first-order chi connectivity index (χ1) is 16.4. The van der Waals surface area contributed by atoms with E-state index >= 15 is 0 Å². The molecule has 4 aromatic rings. The molecule has 176 valence electrons. The van der Waals surface area contributed by atoms with Gasteiger partial charge >= 0.3 is 0 Å². The van der Waals surface area contributed by atoms with E-state index in [9.17, 15) is 18.7 Å². The molecule has 0 amide bonds. The second kappa shape index (κ2) is 10.2. The van der Waals surface area contributed by atoms with E-state index in [1.807, 2.05) is 24.3 Å². The van der Waals surface area contributed by atoms with E-state index in [-0.39, 0.29) is 28.8 Å². The number of fused-ring (bicyclic) bond motifs is 1. The van der Waals surface area contributed by atoms with Gasteiger partial charge in [-0.2, -0.15) is 0 Å². The number of aromatic nitrogens is 2. The van der Waals surface area contributed by atoms with E-state index in [0.29, 0.717) is 5.56 Å². The summed E-state index contributed by atoms with van der Waals surface area (Å²) < 4.78 is 29.7. The molecule has 0 spiro atoms. The monoisotopic (exact) mass is 463 g/mol. The first kappa shape index (κ1) is 23.7. The fraction of sp³-hybridized carbons (Fsp3) is 0.259. The Kier molecular flexibility index (Phi) is 7.14. The predicted molar refractivity (Wildman–Crippen MR) is 129 cm³/mol. The maximum Gasteiger partial charge on any atom is 0.266 e. The lowest BCUT2D eigenvalue weighted by molar-refractivity contribution is 0.174. The first-order valence-corrected chi connectivity index (χ1v) is 11.4. The molecule has 5 nitrogen and oxygen atoms in total. The van der Waals surface area contributed by atoms with Crippen LogP contribution >= 0.6 is 0 Å². The summed E-state index contributed by atoms with van der Waals surface area (Å²) in [4.78, 5) is 20.1. The minimum atomic E-state index is -0.973. The van der Waals surface area contributed by atoms with Crippen molar-refractivity contribution in [3.05, 3.63) is 106 Å². The zero-order chi connectivity index (χ0) is 24.2. The molecule has 34 heavy (non-hydrogen) atoms. The van der Waals surface area contributed by atoms with E-state index in [0.717, 1.165) is 35.8 Å². The van der Waals surface area contributed by atoms with Crippen LogP contribution in [0.1, 0.15) is 36.9 Å². The number of rotatable bonds is 8. The van der Waals surface area contributed by atoms with Gasteiger partial charge < -0.3 is 5.11 Å². The van der Waals surface area contributed by atoms with Crippen LogP contribution in [-0.2, 0) is 13.0 Å². The smallest absolute Gasteiger partial charge is 0.266 e. The Balaban J connectivity index is 1.77. The van der Waals surface area contributed by atoms with Crippen molar-refractivity contribution in [3.8, 4) is 5.69 Å². The quantitative estimate of drug-likeness (QED) is 0.409. The zero-order valence-corrected chi connectivity index (χ0v) is 19.2. The largest absolute Gasteiger partial charge is 0.388 e. The van der Waals surface area contributed by atoms with Crippen molar-refractivity contribution < 1.29 is 13.9 Å². The fourth-order valence-corrected chi connectivity index (χ4v) is 4.12. The van der Waals surface area contributed by atoms with Crippen LogP contribution in [0.2, 0.25) is 0 Å². The van der Waals surface area contributed by atoms with Crippen LogP contribution in [0.25, 0.3) is 16.6 Å². The van der Waals surface area contributed by atoms with E-state index < -0.39 is 23.3 Å². The van der Waals surface area contributed by atoms with Crippen molar-refractivity contribution in [2.75, 3.05) is 13.1 Å².